The standard InChI is InChI=1S/C9H20Si/c1-9(2,3)7-8-10(4,5)6/h7-8H,1-6H3/b8-7-. The van der Waals surface area contributed by atoms with Gasteiger partial charge in [0.15, 0.2) is 0 Å². The van der Waals surface area contributed by atoms with Crippen LogP contribution in [-0.2, 0) is 0 Å². The van der Waals surface area contributed by atoms with E-state index < -0.39 is 8.07 Å². The van der Waals surface area contributed by atoms with Crippen LogP contribution in [0.15, 0.2) is 11.8 Å². The van der Waals surface area contributed by atoms with E-state index in [1.807, 2.05) is 0 Å². The molecule has 0 fully saturated rings. The molecule has 0 N–H and O–H groups in total. The Morgan fingerprint density at radius 3 is 1.50 bits per heavy atom. The molecule has 0 radical (unpaired) electrons. The third-order valence-corrected chi connectivity index (χ3v) is 2.25. The summed E-state index contributed by atoms with van der Waals surface area (Å²) in [6.45, 7) is 13.8. The first-order chi connectivity index (χ1) is 4.21. The van der Waals surface area contributed by atoms with Crippen LogP contribution in [0.5, 0.6) is 0 Å². The molecule has 0 nitrogen and oxygen atoms in total. The zero-order valence-electron chi connectivity index (χ0n) is 8.15. The van der Waals surface area contributed by atoms with Gasteiger partial charge in [-0.2, -0.15) is 0 Å². The molecule has 60 valence electrons. The van der Waals surface area contributed by atoms with Crippen molar-refractivity contribution in [2.24, 2.45) is 5.41 Å². The van der Waals surface area contributed by atoms with E-state index in [2.05, 4.69) is 52.2 Å². The Hall–Kier alpha value is -0.0431. The normalized spacial score (nSPS) is 14.6. The summed E-state index contributed by atoms with van der Waals surface area (Å²) in [5, 5.41) is 0. The van der Waals surface area contributed by atoms with Crippen LogP contribution in [0.3, 0.4) is 0 Å². The van der Waals surface area contributed by atoms with Crippen molar-refractivity contribution in [3.8, 4) is 0 Å². The van der Waals surface area contributed by atoms with Gasteiger partial charge in [0.25, 0.3) is 0 Å². The molecule has 0 unspecified atom stereocenters. The quantitative estimate of drug-likeness (QED) is 0.510. The lowest BCUT2D eigenvalue weighted by Crippen LogP contribution is -2.17. The molecule has 0 aliphatic carbocycles. The van der Waals surface area contributed by atoms with Gasteiger partial charge in [0.2, 0.25) is 0 Å². The Kier molecular flexibility index (Phi) is 2.90. The van der Waals surface area contributed by atoms with E-state index in [-0.39, 0.29) is 0 Å². The molecule has 1 heteroatoms. The maximum Gasteiger partial charge on any atom is 0.0683 e. The maximum absolute atomic E-state index is 2.41. The van der Waals surface area contributed by atoms with Crippen molar-refractivity contribution in [2.45, 2.75) is 40.4 Å². The second-order valence-corrected chi connectivity index (χ2v) is 10.1. The highest BCUT2D eigenvalue weighted by molar-refractivity contribution is 6.80. The van der Waals surface area contributed by atoms with Gasteiger partial charge in [-0.25, -0.2) is 0 Å². The molecule has 0 heterocycles. The number of rotatable bonds is 1. The van der Waals surface area contributed by atoms with Crippen LogP contribution in [-0.4, -0.2) is 8.07 Å². The van der Waals surface area contributed by atoms with Crippen LogP contribution >= 0.6 is 0 Å². The molecule has 10 heavy (non-hydrogen) atoms. The molecule has 0 atom stereocenters. The fraction of sp³-hybridized carbons (Fsp3) is 0.778. The van der Waals surface area contributed by atoms with Crippen LogP contribution in [0.25, 0.3) is 0 Å². The van der Waals surface area contributed by atoms with Gasteiger partial charge in [-0.15, -0.1) is 0 Å². The van der Waals surface area contributed by atoms with Crippen LogP contribution in [0.2, 0.25) is 19.6 Å². The summed E-state index contributed by atoms with van der Waals surface area (Å²) in [5.41, 5.74) is 2.77. The Labute approximate surface area is 66.4 Å². The summed E-state index contributed by atoms with van der Waals surface area (Å²) >= 11 is 0. The van der Waals surface area contributed by atoms with E-state index in [0.29, 0.717) is 5.41 Å². The fourth-order valence-electron chi connectivity index (χ4n) is 0.500. The van der Waals surface area contributed by atoms with Gasteiger partial charge in [-0.1, -0.05) is 52.2 Å². The fourth-order valence-corrected chi connectivity index (χ4v) is 1.50. The van der Waals surface area contributed by atoms with Crippen LogP contribution in [0.4, 0.5) is 0 Å². The van der Waals surface area contributed by atoms with E-state index in [1.165, 1.54) is 0 Å². The minimum atomic E-state index is -0.948. The lowest BCUT2D eigenvalue weighted by atomic mass is 9.98. The predicted octanol–water partition coefficient (Wildman–Crippen LogP) is 3.47. The molecule has 0 aliphatic rings. The van der Waals surface area contributed by atoms with Crippen molar-refractivity contribution in [1.29, 1.82) is 0 Å². The van der Waals surface area contributed by atoms with Crippen molar-refractivity contribution < 1.29 is 0 Å². The van der Waals surface area contributed by atoms with Gasteiger partial charge in [0, 0.05) is 0 Å². The third kappa shape index (κ3) is 7.96. The molecular formula is C9H20Si. The number of hydrogen-bond donors (Lipinski definition) is 0. The lowest BCUT2D eigenvalue weighted by Gasteiger charge is -2.15. The van der Waals surface area contributed by atoms with Crippen molar-refractivity contribution in [3.63, 3.8) is 0 Å². The minimum absolute atomic E-state index is 0.361. The number of hydrogen-bond acceptors (Lipinski definition) is 0. The molecule has 0 aromatic rings. The van der Waals surface area contributed by atoms with Gasteiger partial charge in [-0.05, 0) is 5.41 Å². The number of allylic oxidation sites excluding steroid dienone is 1. The molecule has 0 aromatic heterocycles. The summed E-state index contributed by atoms with van der Waals surface area (Å²) in [7, 11) is -0.948. The molecule has 0 saturated carbocycles. The van der Waals surface area contributed by atoms with Gasteiger partial charge < -0.3 is 0 Å². The zero-order chi connectivity index (χ0) is 8.41. The van der Waals surface area contributed by atoms with E-state index in [4.69, 9.17) is 0 Å². The van der Waals surface area contributed by atoms with Crippen molar-refractivity contribution in [1.82, 2.24) is 0 Å². The highest BCUT2D eigenvalue weighted by Gasteiger charge is 2.10. The average Bonchev–Trinajstić information content (AvgIpc) is 1.57. The van der Waals surface area contributed by atoms with Crippen LogP contribution in [0.1, 0.15) is 20.8 Å². The summed E-state index contributed by atoms with van der Waals surface area (Å²) in [6.07, 6.45) is 2.33. The highest BCUT2D eigenvalue weighted by Crippen LogP contribution is 2.16. The second kappa shape index (κ2) is 2.91. The summed E-state index contributed by atoms with van der Waals surface area (Å²) in [4.78, 5) is 0. The Balaban J connectivity index is 4.01. The zero-order valence-corrected chi connectivity index (χ0v) is 9.15. The van der Waals surface area contributed by atoms with E-state index in [9.17, 15) is 0 Å². The predicted molar refractivity (Wildman–Crippen MR) is 51.9 cm³/mol. The smallest absolute Gasteiger partial charge is 0.0683 e. The lowest BCUT2D eigenvalue weighted by molar-refractivity contribution is 0.545. The second-order valence-electron chi connectivity index (χ2n) is 5.07. The van der Waals surface area contributed by atoms with E-state index in [0.717, 1.165) is 0 Å². The van der Waals surface area contributed by atoms with Crippen LogP contribution < -0.4 is 0 Å². The monoisotopic (exact) mass is 156 g/mol. The molecule has 0 rings (SSSR count). The van der Waals surface area contributed by atoms with E-state index >= 15 is 0 Å². The first kappa shape index (κ1) is 9.96. The molecule has 0 saturated heterocycles. The highest BCUT2D eigenvalue weighted by atomic mass is 28.3. The van der Waals surface area contributed by atoms with Crippen molar-refractivity contribution in [2.75, 3.05) is 0 Å². The Bertz CT molecular complexity index is 105. The summed E-state index contributed by atoms with van der Waals surface area (Å²) in [6, 6.07) is 0. The summed E-state index contributed by atoms with van der Waals surface area (Å²) < 4.78 is 0. The Morgan fingerprint density at radius 2 is 1.40 bits per heavy atom. The minimum Gasteiger partial charge on any atom is -0.0984 e. The van der Waals surface area contributed by atoms with Crippen molar-refractivity contribution >= 4 is 8.07 Å². The molecule has 0 aromatic carbocycles. The average molecular weight is 156 g/mol. The largest absolute Gasteiger partial charge is 0.0984 e. The SMILES string of the molecule is CC(C)(C)/C=C\[Si](C)(C)C. The summed E-state index contributed by atoms with van der Waals surface area (Å²) in [5.74, 6) is 0. The first-order valence-corrected chi connectivity index (χ1v) is 7.49. The van der Waals surface area contributed by atoms with Gasteiger partial charge in [0.05, 0.1) is 8.07 Å². The molecule has 0 amide bonds. The van der Waals surface area contributed by atoms with Gasteiger partial charge >= 0.3 is 0 Å². The Morgan fingerprint density at radius 1 is 1.00 bits per heavy atom. The third-order valence-electron chi connectivity index (χ3n) is 1.08. The first-order valence-electron chi connectivity index (χ1n) is 3.91. The maximum atomic E-state index is 2.41. The topological polar surface area (TPSA) is 0 Å². The molecule has 0 spiro atoms. The van der Waals surface area contributed by atoms with Gasteiger partial charge in [-0.3, -0.25) is 0 Å². The van der Waals surface area contributed by atoms with Crippen molar-refractivity contribution in [3.05, 3.63) is 11.8 Å². The molecule has 0 aliphatic heterocycles. The molecule has 0 bridgehead atoms. The van der Waals surface area contributed by atoms with Crippen LogP contribution in [0, 0.1) is 5.41 Å². The molecular weight excluding hydrogens is 136 g/mol. The van der Waals surface area contributed by atoms with E-state index in [1.54, 1.807) is 0 Å². The van der Waals surface area contributed by atoms with Gasteiger partial charge in [0.1, 0.15) is 0 Å².